The minimum Gasteiger partial charge on any atom is -0.194 e. The molecular weight excluding hydrogens is 272 g/mol. The third-order valence-corrected chi connectivity index (χ3v) is 4.09. The molecule has 0 amide bonds. The molecule has 12 heavy (non-hydrogen) atoms. The van der Waals surface area contributed by atoms with E-state index in [-0.39, 0.29) is 18.5 Å². The molecule has 0 saturated heterocycles. The predicted molar refractivity (Wildman–Crippen MR) is 50.3 cm³/mol. The molecule has 74 valence electrons. The molecular formula is C3H5Cl3FNO2S2. The summed E-state index contributed by atoms with van der Waals surface area (Å²) in [5, 5.41) is 0. The third-order valence-electron chi connectivity index (χ3n) is 0.707. The summed E-state index contributed by atoms with van der Waals surface area (Å²) in [6.45, 7) is 1.44. The highest BCUT2D eigenvalue weighted by molar-refractivity contribution is 8.21. The van der Waals surface area contributed by atoms with Crippen molar-refractivity contribution >= 4 is 55.1 Å². The van der Waals surface area contributed by atoms with Gasteiger partial charge in [-0.15, -0.1) is 3.71 Å². The number of halogens is 4. The maximum atomic E-state index is 12.5. The van der Waals surface area contributed by atoms with Crippen LogP contribution in [-0.4, -0.2) is 22.6 Å². The van der Waals surface area contributed by atoms with Gasteiger partial charge in [0.2, 0.25) is 0 Å². The molecule has 0 N–H and O–H groups in total. The molecule has 0 bridgehead atoms. The van der Waals surface area contributed by atoms with Gasteiger partial charge in [0.05, 0.1) is 0 Å². The Labute approximate surface area is 88.8 Å². The highest BCUT2D eigenvalue weighted by Gasteiger charge is 2.32. The Balaban J connectivity index is 4.41. The standard InChI is InChI=1S/C3H5Cl3FNO2S2/c1-2-8(12(6,9)10)11-3(4,5)7/h2H2,1H3. The van der Waals surface area contributed by atoms with Crippen molar-refractivity contribution in [2.24, 2.45) is 0 Å². The Kier molecular flexibility index (Phi) is 4.92. The van der Waals surface area contributed by atoms with Crippen LogP contribution < -0.4 is 0 Å². The zero-order valence-electron chi connectivity index (χ0n) is 5.80. The number of hydrogen-bond donors (Lipinski definition) is 0. The smallest absolute Gasteiger partial charge is 0.194 e. The molecule has 0 heterocycles. The number of nitrogens with zero attached hydrogens (tertiary/aromatic N) is 1. The molecule has 0 spiro atoms. The van der Waals surface area contributed by atoms with Crippen LogP contribution in [0, 0.1) is 0 Å². The van der Waals surface area contributed by atoms with Gasteiger partial charge >= 0.3 is 13.2 Å². The van der Waals surface area contributed by atoms with Crippen LogP contribution in [0.5, 0.6) is 0 Å². The van der Waals surface area contributed by atoms with Crippen LogP contribution in [0.2, 0.25) is 0 Å². The first kappa shape index (κ1) is 13.1. The Morgan fingerprint density at radius 2 is 2.00 bits per heavy atom. The molecule has 0 saturated carbocycles. The maximum absolute atomic E-state index is 12.5. The molecule has 0 aliphatic rings. The lowest BCUT2D eigenvalue weighted by atomic mass is 10.8. The van der Waals surface area contributed by atoms with Crippen molar-refractivity contribution in [2.75, 3.05) is 6.54 Å². The first-order valence-electron chi connectivity index (χ1n) is 2.65. The van der Waals surface area contributed by atoms with Gasteiger partial charge in [-0.3, -0.25) is 0 Å². The number of rotatable bonds is 4. The Morgan fingerprint density at radius 3 is 2.08 bits per heavy atom. The fourth-order valence-corrected chi connectivity index (χ4v) is 3.00. The second-order valence-corrected chi connectivity index (χ2v) is 7.13. The van der Waals surface area contributed by atoms with E-state index in [1.165, 1.54) is 6.92 Å². The summed E-state index contributed by atoms with van der Waals surface area (Å²) in [4.78, 5) is 0. The van der Waals surface area contributed by atoms with Gasteiger partial charge in [0.1, 0.15) is 0 Å². The number of hydrogen-bond acceptors (Lipinski definition) is 3. The zero-order chi connectivity index (χ0) is 9.99. The van der Waals surface area contributed by atoms with Gasteiger partial charge in [0, 0.05) is 29.2 Å². The lowest BCUT2D eigenvalue weighted by Crippen LogP contribution is -2.23. The Bertz CT molecular complexity index is 238. The minimum absolute atomic E-state index is 0.0262. The number of alkyl halides is 3. The van der Waals surface area contributed by atoms with Gasteiger partial charge in [-0.1, -0.05) is 30.1 Å². The lowest BCUT2D eigenvalue weighted by molar-refractivity contribution is 0.502. The van der Waals surface area contributed by atoms with Gasteiger partial charge in [0.25, 0.3) is 0 Å². The topological polar surface area (TPSA) is 37.4 Å². The first-order chi connectivity index (χ1) is 5.17. The summed E-state index contributed by atoms with van der Waals surface area (Å²) < 4.78 is 31.6. The SMILES string of the molecule is CCN(SC(F)(Cl)Cl)S(=O)(=O)Cl. The average molecular weight is 277 g/mol. The fourth-order valence-electron chi connectivity index (χ4n) is 0.379. The molecule has 0 radical (unpaired) electrons. The summed E-state index contributed by atoms with van der Waals surface area (Å²) in [6.07, 6.45) is 0. The van der Waals surface area contributed by atoms with Gasteiger partial charge < -0.3 is 0 Å². The highest BCUT2D eigenvalue weighted by atomic mass is 35.7. The van der Waals surface area contributed by atoms with Crippen molar-refractivity contribution in [2.45, 2.75) is 10.8 Å². The van der Waals surface area contributed by atoms with Crippen molar-refractivity contribution in [1.29, 1.82) is 0 Å². The van der Waals surface area contributed by atoms with Gasteiger partial charge in [-0.25, -0.2) is 0 Å². The molecule has 9 heteroatoms. The molecule has 0 aromatic carbocycles. The maximum Gasteiger partial charge on any atom is 0.319 e. The molecule has 0 aromatic heterocycles. The predicted octanol–water partition coefficient (Wildman–Crippen LogP) is 2.50. The molecule has 0 atom stereocenters. The van der Waals surface area contributed by atoms with Crippen LogP contribution in [0.4, 0.5) is 4.39 Å². The van der Waals surface area contributed by atoms with Crippen LogP contribution in [0.3, 0.4) is 0 Å². The van der Waals surface area contributed by atoms with Crippen molar-refractivity contribution < 1.29 is 12.8 Å². The van der Waals surface area contributed by atoms with E-state index in [2.05, 4.69) is 0 Å². The van der Waals surface area contributed by atoms with E-state index in [4.69, 9.17) is 33.9 Å². The quantitative estimate of drug-likeness (QED) is 0.450. The van der Waals surface area contributed by atoms with E-state index < -0.39 is 13.2 Å². The summed E-state index contributed by atoms with van der Waals surface area (Å²) in [5.41, 5.74) is 0. The average Bonchev–Trinajstić information content (AvgIpc) is 1.78. The summed E-state index contributed by atoms with van der Waals surface area (Å²) >= 11 is 9.91. The minimum atomic E-state index is -3.99. The second-order valence-electron chi connectivity index (χ2n) is 1.60. The lowest BCUT2D eigenvalue weighted by Gasteiger charge is -2.17. The monoisotopic (exact) mass is 275 g/mol. The molecule has 0 aliphatic heterocycles. The van der Waals surface area contributed by atoms with Crippen molar-refractivity contribution in [3.05, 3.63) is 0 Å². The molecule has 0 fully saturated rings. The van der Waals surface area contributed by atoms with Gasteiger partial charge in [-0.05, 0) is 0 Å². The Morgan fingerprint density at radius 1 is 1.58 bits per heavy atom. The molecule has 0 rings (SSSR count). The largest absolute Gasteiger partial charge is 0.319 e. The highest BCUT2D eigenvalue weighted by Crippen LogP contribution is 2.40. The Hall–Kier alpha value is 1.06. The van der Waals surface area contributed by atoms with Crippen molar-refractivity contribution in [3.8, 4) is 0 Å². The van der Waals surface area contributed by atoms with E-state index >= 15 is 0 Å². The zero-order valence-corrected chi connectivity index (χ0v) is 9.70. The van der Waals surface area contributed by atoms with Gasteiger partial charge in [0.15, 0.2) is 0 Å². The van der Waals surface area contributed by atoms with Gasteiger partial charge in [-0.2, -0.15) is 12.8 Å². The molecule has 0 aromatic rings. The van der Waals surface area contributed by atoms with E-state index in [1.54, 1.807) is 0 Å². The normalized spacial score (nSPS) is 13.8. The summed E-state index contributed by atoms with van der Waals surface area (Å²) in [6, 6.07) is 0. The van der Waals surface area contributed by atoms with Crippen LogP contribution in [0.1, 0.15) is 6.92 Å². The van der Waals surface area contributed by atoms with Crippen LogP contribution in [-0.2, 0) is 9.24 Å². The van der Waals surface area contributed by atoms with Crippen LogP contribution in [0.25, 0.3) is 0 Å². The van der Waals surface area contributed by atoms with Crippen LogP contribution in [0.15, 0.2) is 0 Å². The first-order valence-corrected chi connectivity index (χ1v) is 6.44. The summed E-state index contributed by atoms with van der Waals surface area (Å²) in [7, 11) is 0.910. The fraction of sp³-hybridized carbons (Fsp3) is 1.00. The van der Waals surface area contributed by atoms with E-state index in [0.717, 1.165) is 0 Å². The molecule has 0 unspecified atom stereocenters. The van der Waals surface area contributed by atoms with E-state index in [1.807, 2.05) is 0 Å². The van der Waals surface area contributed by atoms with Crippen molar-refractivity contribution in [3.63, 3.8) is 0 Å². The molecule has 3 nitrogen and oxygen atoms in total. The third kappa shape index (κ3) is 5.66. The summed E-state index contributed by atoms with van der Waals surface area (Å²) in [5.74, 6) is 0. The van der Waals surface area contributed by atoms with Crippen LogP contribution >= 0.6 is 45.8 Å². The molecule has 0 aliphatic carbocycles. The second kappa shape index (κ2) is 4.52. The van der Waals surface area contributed by atoms with Crippen molar-refractivity contribution in [1.82, 2.24) is 3.71 Å². The van der Waals surface area contributed by atoms with E-state index in [9.17, 15) is 12.8 Å². The van der Waals surface area contributed by atoms with E-state index in [0.29, 0.717) is 3.71 Å².